The summed E-state index contributed by atoms with van der Waals surface area (Å²) >= 11 is 11.2. The Hall–Kier alpha value is -1.45. The van der Waals surface area contributed by atoms with E-state index in [1.165, 1.54) is 0 Å². The second-order valence-electron chi connectivity index (χ2n) is 3.47. The Kier molecular flexibility index (Phi) is 5.13. The third-order valence-corrected chi connectivity index (χ3v) is 3.43. The predicted molar refractivity (Wildman–Crippen MR) is 68.7 cm³/mol. The van der Waals surface area contributed by atoms with Gasteiger partial charge < -0.3 is 9.29 Å². The zero-order chi connectivity index (χ0) is 16.4. The lowest BCUT2D eigenvalue weighted by Crippen LogP contribution is -2.28. The molecule has 0 unspecified atom stereocenters. The molecule has 0 amide bonds. The summed E-state index contributed by atoms with van der Waals surface area (Å²) in [5.41, 5.74) is -5.51. The topological polar surface area (TPSA) is 80.7 Å². The van der Waals surface area contributed by atoms with Crippen LogP contribution in [0, 0.1) is 0 Å². The van der Waals surface area contributed by atoms with Gasteiger partial charge in [-0.25, -0.2) is 4.79 Å². The monoisotopic (exact) mass is 364 g/mol. The second-order valence-corrected chi connectivity index (χ2v) is 5.82. The molecule has 0 radical (unpaired) electrons. The van der Waals surface area contributed by atoms with Crippen molar-refractivity contribution >= 4 is 45.4 Å². The standard InChI is InChI=1S/C10H5Cl2F3O5S/c11-6-3-5(1-2-8(16)17)4-7(12)9(6)20-21(18,19)10(13,14)15/h1-4H,(H,16,17). The van der Waals surface area contributed by atoms with Gasteiger partial charge in [-0.3, -0.25) is 0 Å². The molecule has 5 nitrogen and oxygen atoms in total. The smallest absolute Gasteiger partial charge is 0.478 e. The van der Waals surface area contributed by atoms with E-state index < -0.39 is 37.4 Å². The lowest BCUT2D eigenvalue weighted by Gasteiger charge is -2.12. The normalized spacial score (nSPS) is 12.6. The molecule has 0 atom stereocenters. The third kappa shape index (κ3) is 4.51. The second kappa shape index (κ2) is 6.12. The first kappa shape index (κ1) is 17.6. The molecule has 0 bridgehead atoms. The van der Waals surface area contributed by atoms with Crippen LogP contribution in [0.5, 0.6) is 5.75 Å². The van der Waals surface area contributed by atoms with Crippen molar-refractivity contribution in [1.29, 1.82) is 0 Å². The van der Waals surface area contributed by atoms with Gasteiger partial charge in [-0.15, -0.1) is 0 Å². The van der Waals surface area contributed by atoms with Gasteiger partial charge in [0.1, 0.15) is 0 Å². The van der Waals surface area contributed by atoms with E-state index in [2.05, 4.69) is 4.18 Å². The summed E-state index contributed by atoms with van der Waals surface area (Å²) in [7, 11) is -5.92. The summed E-state index contributed by atoms with van der Waals surface area (Å²) in [5.74, 6) is -2.18. The van der Waals surface area contributed by atoms with E-state index in [0.717, 1.165) is 24.3 Å². The number of rotatable bonds is 4. The van der Waals surface area contributed by atoms with E-state index in [4.69, 9.17) is 28.3 Å². The number of hydrogen-bond acceptors (Lipinski definition) is 4. The minimum absolute atomic E-state index is 0.129. The van der Waals surface area contributed by atoms with Gasteiger partial charge in [0.2, 0.25) is 0 Å². The fourth-order valence-corrected chi connectivity index (χ4v) is 2.25. The number of hydrogen-bond donors (Lipinski definition) is 1. The Labute approximate surface area is 126 Å². The number of halogens is 5. The van der Waals surface area contributed by atoms with E-state index in [-0.39, 0.29) is 5.56 Å². The van der Waals surface area contributed by atoms with Crippen molar-refractivity contribution in [1.82, 2.24) is 0 Å². The number of aliphatic carboxylic acids is 1. The average Bonchev–Trinajstić information content (AvgIpc) is 2.29. The van der Waals surface area contributed by atoms with Crippen molar-refractivity contribution in [2.75, 3.05) is 0 Å². The van der Waals surface area contributed by atoms with Gasteiger partial charge in [-0.05, 0) is 23.8 Å². The largest absolute Gasteiger partial charge is 0.534 e. The Morgan fingerprint density at radius 2 is 1.71 bits per heavy atom. The number of alkyl halides is 3. The molecule has 0 saturated heterocycles. The van der Waals surface area contributed by atoms with Crippen LogP contribution in [0.3, 0.4) is 0 Å². The predicted octanol–water partition coefficient (Wildman–Crippen LogP) is 3.32. The van der Waals surface area contributed by atoms with E-state index >= 15 is 0 Å². The van der Waals surface area contributed by atoms with Crippen molar-refractivity contribution in [3.63, 3.8) is 0 Å². The van der Waals surface area contributed by atoms with Gasteiger partial charge >= 0.3 is 21.6 Å². The third-order valence-electron chi connectivity index (χ3n) is 1.92. The minimum Gasteiger partial charge on any atom is -0.478 e. The minimum atomic E-state index is -5.92. The molecule has 0 aliphatic rings. The molecule has 0 aromatic heterocycles. The molecule has 1 aromatic carbocycles. The van der Waals surface area contributed by atoms with Gasteiger partial charge in [0.25, 0.3) is 0 Å². The number of carbonyl (C=O) groups is 1. The SMILES string of the molecule is O=C(O)C=Cc1cc(Cl)c(OS(=O)(=O)C(F)(F)F)c(Cl)c1. The summed E-state index contributed by atoms with van der Waals surface area (Å²) in [4.78, 5) is 10.3. The van der Waals surface area contributed by atoms with E-state index in [1.54, 1.807) is 0 Å². The fraction of sp³-hybridized carbons (Fsp3) is 0.100. The quantitative estimate of drug-likeness (QED) is 0.503. The Bertz CT molecular complexity index is 674. The van der Waals surface area contributed by atoms with Crippen LogP contribution in [0.2, 0.25) is 10.0 Å². The molecule has 0 aliphatic carbocycles. The molecule has 11 heteroatoms. The molecule has 0 saturated carbocycles. The highest BCUT2D eigenvalue weighted by Crippen LogP contribution is 2.38. The maximum absolute atomic E-state index is 12.2. The summed E-state index contributed by atoms with van der Waals surface area (Å²) < 4.78 is 62.2. The molecule has 0 heterocycles. The van der Waals surface area contributed by atoms with Crippen LogP contribution in [0.15, 0.2) is 18.2 Å². The first-order valence-electron chi connectivity index (χ1n) is 4.85. The van der Waals surface area contributed by atoms with Crippen molar-refractivity contribution in [2.24, 2.45) is 0 Å². The van der Waals surface area contributed by atoms with Crippen molar-refractivity contribution < 1.29 is 35.7 Å². The van der Waals surface area contributed by atoms with Gasteiger partial charge in [-0.2, -0.15) is 21.6 Å². The van der Waals surface area contributed by atoms with Gasteiger partial charge in [0, 0.05) is 6.08 Å². The number of benzene rings is 1. The molecule has 1 rings (SSSR count). The van der Waals surface area contributed by atoms with E-state index in [0.29, 0.717) is 0 Å². The number of carboxylic acids is 1. The van der Waals surface area contributed by atoms with E-state index in [9.17, 15) is 26.4 Å². The molecular formula is C10H5Cl2F3O5S. The van der Waals surface area contributed by atoms with Crippen molar-refractivity contribution in [3.05, 3.63) is 33.8 Å². The van der Waals surface area contributed by atoms with Crippen LogP contribution in [-0.2, 0) is 14.9 Å². The van der Waals surface area contributed by atoms with Crippen molar-refractivity contribution in [3.8, 4) is 5.75 Å². The molecular weight excluding hydrogens is 360 g/mol. The Morgan fingerprint density at radius 3 is 2.10 bits per heavy atom. The summed E-state index contributed by atoms with van der Waals surface area (Å²) in [6, 6.07) is 1.99. The molecule has 1 N–H and O–H groups in total. The lowest BCUT2D eigenvalue weighted by atomic mass is 10.2. The first-order valence-corrected chi connectivity index (χ1v) is 7.01. The lowest BCUT2D eigenvalue weighted by molar-refractivity contribution is -0.131. The molecule has 0 aliphatic heterocycles. The average molecular weight is 365 g/mol. The maximum atomic E-state index is 12.2. The first-order chi connectivity index (χ1) is 9.44. The van der Waals surface area contributed by atoms with Gasteiger partial charge in [-0.1, -0.05) is 23.2 Å². The van der Waals surface area contributed by atoms with Crippen molar-refractivity contribution in [2.45, 2.75) is 5.51 Å². The molecule has 0 spiro atoms. The summed E-state index contributed by atoms with van der Waals surface area (Å²) in [6.45, 7) is 0. The van der Waals surface area contributed by atoms with Crippen LogP contribution in [0.1, 0.15) is 5.56 Å². The molecule has 1 aromatic rings. The van der Waals surface area contributed by atoms with Crippen LogP contribution in [-0.4, -0.2) is 25.0 Å². The van der Waals surface area contributed by atoms with Crippen LogP contribution < -0.4 is 4.18 Å². The highest BCUT2D eigenvalue weighted by Gasteiger charge is 2.49. The van der Waals surface area contributed by atoms with Crippen LogP contribution >= 0.6 is 23.2 Å². The van der Waals surface area contributed by atoms with E-state index in [1.807, 2.05) is 0 Å². The molecule has 116 valence electrons. The zero-order valence-electron chi connectivity index (χ0n) is 9.69. The maximum Gasteiger partial charge on any atom is 0.534 e. The van der Waals surface area contributed by atoms with Gasteiger partial charge in [0.15, 0.2) is 5.75 Å². The van der Waals surface area contributed by atoms with Crippen LogP contribution in [0.25, 0.3) is 6.08 Å². The van der Waals surface area contributed by atoms with Gasteiger partial charge in [0.05, 0.1) is 10.0 Å². The summed E-state index contributed by atoms with van der Waals surface area (Å²) in [6.07, 6.45) is 1.79. The summed E-state index contributed by atoms with van der Waals surface area (Å²) in [5, 5.41) is 7.37. The highest BCUT2D eigenvalue weighted by molar-refractivity contribution is 7.88. The Morgan fingerprint density at radius 1 is 1.24 bits per heavy atom. The highest BCUT2D eigenvalue weighted by atomic mass is 35.5. The zero-order valence-corrected chi connectivity index (χ0v) is 12.0. The Balaban J connectivity index is 3.21. The molecule has 0 fully saturated rings. The van der Waals surface area contributed by atoms with Crippen LogP contribution in [0.4, 0.5) is 13.2 Å². The number of carboxylic acid groups (broad SMARTS) is 1. The molecule has 21 heavy (non-hydrogen) atoms. The fourth-order valence-electron chi connectivity index (χ4n) is 1.08.